The fourth-order valence-electron chi connectivity index (χ4n) is 2.35. The highest BCUT2D eigenvalue weighted by Crippen LogP contribution is 2.18. The van der Waals surface area contributed by atoms with Crippen LogP contribution >= 0.6 is 23.7 Å². The van der Waals surface area contributed by atoms with Gasteiger partial charge in [0.2, 0.25) is 5.91 Å². The molecule has 1 fully saturated rings. The van der Waals surface area contributed by atoms with Crippen LogP contribution in [0, 0.1) is 12.8 Å². The van der Waals surface area contributed by atoms with Crippen molar-refractivity contribution >= 4 is 29.7 Å². The first-order chi connectivity index (χ1) is 8.56. The lowest BCUT2D eigenvalue weighted by Crippen LogP contribution is -2.48. The lowest BCUT2D eigenvalue weighted by atomic mass is 9.93. The van der Waals surface area contributed by atoms with Crippen molar-refractivity contribution in [3.05, 3.63) is 16.1 Å². The number of thiazole rings is 1. The molecule has 0 radical (unpaired) electrons. The Labute approximate surface area is 125 Å². The lowest BCUT2D eigenvalue weighted by Gasteiger charge is -2.30. The first-order valence-corrected chi connectivity index (χ1v) is 7.27. The molecule has 2 rings (SSSR count). The summed E-state index contributed by atoms with van der Waals surface area (Å²) in [7, 11) is 1.87. The SMILES string of the molecule is Cc1ncc(CN(C)C(=O)C2CC(C)CCN2)s1.Cl. The van der Waals surface area contributed by atoms with Gasteiger partial charge in [-0.05, 0) is 32.2 Å². The Balaban J connectivity index is 0.00000180. The van der Waals surface area contributed by atoms with Crippen LogP contribution < -0.4 is 5.32 Å². The van der Waals surface area contributed by atoms with Gasteiger partial charge in [-0.3, -0.25) is 4.79 Å². The predicted molar refractivity (Wildman–Crippen MR) is 80.8 cm³/mol. The number of nitrogens with zero attached hydrogens (tertiary/aromatic N) is 2. The molecule has 1 aromatic heterocycles. The maximum absolute atomic E-state index is 12.3. The molecule has 19 heavy (non-hydrogen) atoms. The number of likely N-dealkylation sites (N-methyl/N-ethyl adjacent to an activating group) is 1. The summed E-state index contributed by atoms with van der Waals surface area (Å²) < 4.78 is 0. The molecule has 1 aliphatic rings. The van der Waals surface area contributed by atoms with Gasteiger partial charge in [0.1, 0.15) is 0 Å². The Morgan fingerprint density at radius 1 is 1.63 bits per heavy atom. The zero-order valence-corrected chi connectivity index (χ0v) is 13.3. The third-order valence-electron chi connectivity index (χ3n) is 3.40. The van der Waals surface area contributed by atoms with Crippen LogP contribution in [0.15, 0.2) is 6.20 Å². The summed E-state index contributed by atoms with van der Waals surface area (Å²) >= 11 is 1.66. The number of aryl methyl sites for hydroxylation is 1. The van der Waals surface area contributed by atoms with E-state index in [1.54, 1.807) is 11.3 Å². The second-order valence-electron chi connectivity index (χ2n) is 5.18. The van der Waals surface area contributed by atoms with Crippen LogP contribution in [0.25, 0.3) is 0 Å². The van der Waals surface area contributed by atoms with E-state index in [1.165, 1.54) is 6.42 Å². The zero-order chi connectivity index (χ0) is 13.1. The van der Waals surface area contributed by atoms with Crippen molar-refractivity contribution in [2.24, 2.45) is 5.92 Å². The molecule has 1 N–H and O–H groups in total. The quantitative estimate of drug-likeness (QED) is 0.931. The number of hydrogen-bond acceptors (Lipinski definition) is 4. The van der Waals surface area contributed by atoms with E-state index >= 15 is 0 Å². The van der Waals surface area contributed by atoms with Gasteiger partial charge in [-0.15, -0.1) is 23.7 Å². The normalized spacial score (nSPS) is 22.7. The van der Waals surface area contributed by atoms with Crippen molar-refractivity contribution in [1.82, 2.24) is 15.2 Å². The number of aromatic nitrogens is 1. The number of carbonyl (C=O) groups excluding carboxylic acids is 1. The third kappa shape index (κ3) is 4.44. The minimum Gasteiger partial charge on any atom is -0.339 e. The summed E-state index contributed by atoms with van der Waals surface area (Å²) in [6.45, 7) is 5.82. The average molecular weight is 304 g/mol. The number of amides is 1. The van der Waals surface area contributed by atoms with Crippen LogP contribution in [0.3, 0.4) is 0 Å². The second-order valence-corrected chi connectivity index (χ2v) is 6.50. The Morgan fingerprint density at radius 3 is 2.95 bits per heavy atom. The van der Waals surface area contributed by atoms with Crippen molar-refractivity contribution in [3.8, 4) is 0 Å². The maximum atomic E-state index is 12.3. The highest BCUT2D eigenvalue weighted by molar-refractivity contribution is 7.11. The summed E-state index contributed by atoms with van der Waals surface area (Å²) in [5.74, 6) is 0.840. The van der Waals surface area contributed by atoms with Gasteiger partial charge in [0.05, 0.1) is 17.6 Å². The molecular formula is C13H22ClN3OS. The van der Waals surface area contributed by atoms with E-state index in [1.807, 2.05) is 25.1 Å². The second kappa shape index (κ2) is 7.22. The van der Waals surface area contributed by atoms with Gasteiger partial charge in [-0.25, -0.2) is 4.98 Å². The largest absolute Gasteiger partial charge is 0.339 e. The first kappa shape index (κ1) is 16.4. The van der Waals surface area contributed by atoms with E-state index in [0.29, 0.717) is 12.5 Å². The summed E-state index contributed by atoms with van der Waals surface area (Å²) in [5.41, 5.74) is 0. The highest BCUT2D eigenvalue weighted by atomic mass is 35.5. The van der Waals surface area contributed by atoms with E-state index in [2.05, 4.69) is 17.2 Å². The molecule has 108 valence electrons. The monoisotopic (exact) mass is 303 g/mol. The average Bonchev–Trinajstić information content (AvgIpc) is 2.73. The van der Waals surface area contributed by atoms with E-state index in [0.717, 1.165) is 22.9 Å². The minimum atomic E-state index is -0.00670. The van der Waals surface area contributed by atoms with Crippen molar-refractivity contribution in [2.75, 3.05) is 13.6 Å². The summed E-state index contributed by atoms with van der Waals surface area (Å²) in [5, 5.41) is 4.37. The van der Waals surface area contributed by atoms with E-state index < -0.39 is 0 Å². The summed E-state index contributed by atoms with van der Waals surface area (Å²) in [4.78, 5) is 19.5. The number of halogens is 1. The first-order valence-electron chi connectivity index (χ1n) is 6.46. The van der Waals surface area contributed by atoms with Crippen molar-refractivity contribution in [2.45, 2.75) is 39.3 Å². The highest BCUT2D eigenvalue weighted by Gasteiger charge is 2.26. The van der Waals surface area contributed by atoms with Crippen molar-refractivity contribution < 1.29 is 4.79 Å². The number of carbonyl (C=O) groups is 1. The van der Waals surface area contributed by atoms with Crippen LogP contribution in [0.2, 0.25) is 0 Å². The molecule has 0 saturated carbocycles. The molecule has 1 aromatic rings. The number of hydrogen-bond donors (Lipinski definition) is 1. The molecule has 2 heterocycles. The van der Waals surface area contributed by atoms with Gasteiger partial charge in [0, 0.05) is 18.1 Å². The Hall–Kier alpha value is -0.650. The maximum Gasteiger partial charge on any atom is 0.239 e. The van der Waals surface area contributed by atoms with E-state index in [9.17, 15) is 4.79 Å². The molecule has 0 spiro atoms. The van der Waals surface area contributed by atoms with E-state index in [-0.39, 0.29) is 24.4 Å². The predicted octanol–water partition coefficient (Wildman–Crippen LogP) is 2.22. The van der Waals surface area contributed by atoms with E-state index in [4.69, 9.17) is 0 Å². The molecule has 1 saturated heterocycles. The Bertz CT molecular complexity index is 424. The molecule has 0 bridgehead atoms. The molecule has 4 nitrogen and oxygen atoms in total. The number of piperidine rings is 1. The number of rotatable bonds is 3. The smallest absolute Gasteiger partial charge is 0.239 e. The molecule has 1 aliphatic heterocycles. The minimum absolute atomic E-state index is 0. The molecule has 0 aliphatic carbocycles. The topological polar surface area (TPSA) is 45.2 Å². The summed E-state index contributed by atoms with van der Waals surface area (Å²) in [6.07, 6.45) is 3.98. The van der Waals surface area contributed by atoms with Crippen molar-refractivity contribution in [1.29, 1.82) is 0 Å². The van der Waals surface area contributed by atoms with Gasteiger partial charge in [-0.2, -0.15) is 0 Å². The van der Waals surface area contributed by atoms with Crippen LogP contribution in [-0.2, 0) is 11.3 Å². The fourth-order valence-corrected chi connectivity index (χ4v) is 3.20. The lowest BCUT2D eigenvalue weighted by molar-refractivity contribution is -0.133. The number of nitrogens with one attached hydrogen (secondary N) is 1. The van der Waals surface area contributed by atoms with Crippen LogP contribution in [0.1, 0.15) is 29.7 Å². The molecule has 6 heteroatoms. The molecule has 1 amide bonds. The standard InChI is InChI=1S/C13H21N3OS.ClH/c1-9-4-5-14-12(6-9)13(17)16(3)8-11-7-15-10(2)18-11;/h7,9,12,14H,4-6,8H2,1-3H3;1H. The molecule has 0 aromatic carbocycles. The summed E-state index contributed by atoms with van der Waals surface area (Å²) in [6, 6.07) is -0.00670. The fraction of sp³-hybridized carbons (Fsp3) is 0.692. The molecule has 2 atom stereocenters. The molecule has 2 unspecified atom stereocenters. The van der Waals surface area contributed by atoms with Crippen molar-refractivity contribution in [3.63, 3.8) is 0 Å². The van der Waals surface area contributed by atoms with Gasteiger partial charge >= 0.3 is 0 Å². The van der Waals surface area contributed by atoms with Crippen LogP contribution in [-0.4, -0.2) is 35.4 Å². The van der Waals surface area contributed by atoms with Crippen LogP contribution in [0.5, 0.6) is 0 Å². The Kier molecular flexibility index (Phi) is 6.23. The molecular weight excluding hydrogens is 282 g/mol. The zero-order valence-electron chi connectivity index (χ0n) is 11.7. The van der Waals surface area contributed by atoms with Crippen LogP contribution in [0.4, 0.5) is 0 Å². The van der Waals surface area contributed by atoms with Gasteiger partial charge in [0.15, 0.2) is 0 Å². The third-order valence-corrected chi connectivity index (χ3v) is 4.30. The van der Waals surface area contributed by atoms with Gasteiger partial charge in [-0.1, -0.05) is 6.92 Å². The Morgan fingerprint density at radius 2 is 2.37 bits per heavy atom. The van der Waals surface area contributed by atoms with Gasteiger partial charge < -0.3 is 10.2 Å². The van der Waals surface area contributed by atoms with Gasteiger partial charge in [0.25, 0.3) is 0 Å².